The lowest BCUT2D eigenvalue weighted by Crippen LogP contribution is -2.42. The molecule has 0 aromatic carbocycles. The van der Waals surface area contributed by atoms with Crippen molar-refractivity contribution in [3.05, 3.63) is 0 Å². The average Bonchev–Trinajstić information content (AvgIpc) is 2.90. The lowest BCUT2D eigenvalue weighted by molar-refractivity contribution is 0.0740. The Morgan fingerprint density at radius 2 is 0.800 bits per heavy atom. The number of nitrogens with zero attached hydrogens (tertiary/aromatic N) is 1. The van der Waals surface area contributed by atoms with Crippen LogP contribution in [0.4, 0.5) is 0 Å². The molecule has 212 valence electrons. The Hall–Kier alpha value is 0.0738. The molecule has 0 aliphatic heterocycles. The summed E-state index contributed by atoms with van der Waals surface area (Å²) >= 11 is 0. The van der Waals surface area contributed by atoms with Crippen LogP contribution in [0.5, 0.6) is 0 Å². The van der Waals surface area contributed by atoms with Crippen LogP contribution < -0.4 is 0 Å². The van der Waals surface area contributed by atoms with Gasteiger partial charge in [-0.3, -0.25) is 4.90 Å². The second-order valence-corrected chi connectivity index (χ2v) is 14.8. The normalized spacial score (nSPS) is 12.7. The first-order valence-corrected chi connectivity index (χ1v) is 17.1. The minimum atomic E-state index is -2.41. The highest BCUT2D eigenvalue weighted by Gasteiger charge is 2.37. The largest absolute Gasteiger partial charge is 0.500 e. The first-order valence-electron chi connectivity index (χ1n) is 13.2. The molecule has 0 aromatic heterocycles. The molecule has 0 bridgehead atoms. The Kier molecular flexibility index (Phi) is 23.3. The highest BCUT2D eigenvalue weighted by molar-refractivity contribution is 6.60. The van der Waals surface area contributed by atoms with Crippen molar-refractivity contribution < 1.29 is 36.0 Å². The number of rotatable bonds is 27. The fourth-order valence-electron chi connectivity index (χ4n) is 3.93. The number of likely N-dealkylation sites (N-methyl/N-ethyl adjacent to an activating group) is 1. The van der Waals surface area contributed by atoms with Gasteiger partial charge in [-0.05, 0) is 32.2 Å². The highest BCUT2D eigenvalue weighted by atomic mass is 28.4. The van der Waals surface area contributed by atoms with E-state index in [0.29, 0.717) is 0 Å². The summed E-state index contributed by atoms with van der Waals surface area (Å²) in [5.41, 5.74) is 0. The fraction of sp³-hybridized carbons (Fsp3) is 1.00. The van der Waals surface area contributed by atoms with E-state index >= 15 is 0 Å². The topological polar surface area (TPSA) is 77.1 Å². The number of ether oxygens (including phenoxy) is 2. The molecular weight excluding hydrogens is 486 g/mol. The van der Waals surface area contributed by atoms with Gasteiger partial charge in [0.1, 0.15) is 0 Å². The quantitative estimate of drug-likeness (QED) is 0.112. The van der Waals surface area contributed by atoms with Crippen LogP contribution in [-0.2, 0) is 36.0 Å². The van der Waals surface area contributed by atoms with Crippen LogP contribution in [0, 0.1) is 0 Å². The summed E-state index contributed by atoms with van der Waals surface area (Å²) < 4.78 is 44.4. The van der Waals surface area contributed by atoms with Crippen molar-refractivity contribution in [3.63, 3.8) is 0 Å². The van der Waals surface area contributed by atoms with Gasteiger partial charge in [-0.1, -0.05) is 32.6 Å². The molecule has 0 aliphatic carbocycles. The van der Waals surface area contributed by atoms with Gasteiger partial charge in [0.05, 0.1) is 13.2 Å². The van der Waals surface area contributed by atoms with Gasteiger partial charge in [-0.15, -0.1) is 0 Å². The van der Waals surface area contributed by atoms with Crippen molar-refractivity contribution >= 4 is 17.6 Å². The first-order chi connectivity index (χ1) is 17.0. The molecule has 9 nitrogen and oxygen atoms in total. The molecule has 0 unspecified atom stereocenters. The second-order valence-electron chi connectivity index (χ2n) is 8.58. The molecule has 0 N–H and O–H groups in total. The van der Waals surface area contributed by atoms with E-state index in [1.807, 2.05) is 0 Å². The molecule has 35 heavy (non-hydrogen) atoms. The molecule has 0 saturated heterocycles. The third kappa shape index (κ3) is 16.5. The Bertz CT molecular complexity index is 403. The van der Waals surface area contributed by atoms with Gasteiger partial charge in [-0.25, -0.2) is 0 Å². The number of hydrogen-bond acceptors (Lipinski definition) is 9. The van der Waals surface area contributed by atoms with Gasteiger partial charge in [0, 0.05) is 81.1 Å². The molecule has 0 amide bonds. The lowest BCUT2D eigenvalue weighted by Gasteiger charge is -2.24. The van der Waals surface area contributed by atoms with Crippen molar-refractivity contribution in [2.24, 2.45) is 0 Å². The van der Waals surface area contributed by atoms with Crippen molar-refractivity contribution in [3.8, 4) is 0 Å². The van der Waals surface area contributed by atoms with Crippen molar-refractivity contribution in [2.45, 2.75) is 70.4 Å². The van der Waals surface area contributed by atoms with Crippen LogP contribution in [0.2, 0.25) is 12.1 Å². The zero-order chi connectivity index (χ0) is 26.3. The van der Waals surface area contributed by atoms with Gasteiger partial charge >= 0.3 is 17.6 Å². The molecule has 0 atom stereocenters. The first kappa shape index (κ1) is 35.1. The van der Waals surface area contributed by atoms with E-state index in [2.05, 4.69) is 11.8 Å². The fourth-order valence-corrected chi connectivity index (χ4v) is 7.52. The summed E-state index contributed by atoms with van der Waals surface area (Å²) in [6.07, 6.45) is 8.88. The molecular formula is C24H55NO8Si2. The van der Waals surface area contributed by atoms with Crippen LogP contribution >= 0.6 is 0 Å². The summed E-state index contributed by atoms with van der Waals surface area (Å²) in [4.78, 5) is 2.38. The van der Waals surface area contributed by atoms with Gasteiger partial charge in [0.25, 0.3) is 0 Å². The van der Waals surface area contributed by atoms with Crippen molar-refractivity contribution in [1.29, 1.82) is 0 Å². The molecule has 11 heteroatoms. The van der Waals surface area contributed by atoms with Crippen molar-refractivity contribution in [1.82, 2.24) is 4.90 Å². The highest BCUT2D eigenvalue weighted by Crippen LogP contribution is 2.18. The second kappa shape index (κ2) is 23.2. The summed E-state index contributed by atoms with van der Waals surface area (Å²) in [6.45, 7) is 8.29. The predicted octanol–water partition coefficient (Wildman–Crippen LogP) is 4.22. The van der Waals surface area contributed by atoms with E-state index in [1.54, 1.807) is 42.7 Å². The van der Waals surface area contributed by atoms with Gasteiger partial charge in [0.2, 0.25) is 0 Å². The van der Waals surface area contributed by atoms with Crippen LogP contribution in [-0.4, -0.2) is 111 Å². The molecule has 0 aromatic rings. The van der Waals surface area contributed by atoms with E-state index < -0.39 is 17.6 Å². The molecule has 0 rings (SSSR count). The standard InChI is InChI=1S/C24H55NO8Si2/c1-8-25(17-21-32-19-13-9-11-15-23-34(26-2,27-3)28-4)18-22-33-20-14-10-12-16-24-35(29-5,30-6)31-7/h8-24H2,1-7H3. The van der Waals surface area contributed by atoms with Gasteiger partial charge < -0.3 is 36.0 Å². The summed E-state index contributed by atoms with van der Waals surface area (Å²) in [7, 11) is 5.19. The third-order valence-electron chi connectivity index (χ3n) is 6.46. The molecule has 0 spiro atoms. The number of hydrogen-bond donors (Lipinski definition) is 0. The molecule has 0 aliphatic rings. The minimum Gasteiger partial charge on any atom is -0.380 e. The predicted molar refractivity (Wildman–Crippen MR) is 144 cm³/mol. The Morgan fingerprint density at radius 1 is 0.457 bits per heavy atom. The van der Waals surface area contributed by atoms with E-state index in [0.717, 1.165) is 110 Å². The maximum absolute atomic E-state index is 5.84. The van der Waals surface area contributed by atoms with Crippen LogP contribution in [0.3, 0.4) is 0 Å². The average molecular weight is 542 g/mol. The van der Waals surface area contributed by atoms with Crippen LogP contribution in [0.15, 0.2) is 0 Å². The summed E-state index contributed by atoms with van der Waals surface area (Å²) in [5, 5.41) is 0. The molecule has 0 radical (unpaired) electrons. The monoisotopic (exact) mass is 541 g/mol. The van der Waals surface area contributed by atoms with Gasteiger partial charge in [0.15, 0.2) is 0 Å². The third-order valence-corrected chi connectivity index (χ3v) is 12.1. The van der Waals surface area contributed by atoms with E-state index in [-0.39, 0.29) is 0 Å². The Labute approximate surface area is 217 Å². The van der Waals surface area contributed by atoms with Gasteiger partial charge in [-0.2, -0.15) is 0 Å². The van der Waals surface area contributed by atoms with Crippen LogP contribution in [0.1, 0.15) is 58.3 Å². The maximum atomic E-state index is 5.84. The molecule has 0 fully saturated rings. The Morgan fingerprint density at radius 3 is 1.11 bits per heavy atom. The maximum Gasteiger partial charge on any atom is 0.500 e. The molecule has 0 saturated carbocycles. The van der Waals surface area contributed by atoms with E-state index in [1.165, 1.54) is 0 Å². The zero-order valence-corrected chi connectivity index (χ0v) is 25.7. The molecule has 0 heterocycles. The zero-order valence-electron chi connectivity index (χ0n) is 23.7. The summed E-state index contributed by atoms with van der Waals surface area (Å²) in [5.74, 6) is 0. The van der Waals surface area contributed by atoms with Crippen molar-refractivity contribution in [2.75, 3.05) is 88.7 Å². The number of unbranched alkanes of at least 4 members (excludes halogenated alkanes) is 6. The lowest BCUT2D eigenvalue weighted by atomic mass is 10.2. The van der Waals surface area contributed by atoms with Crippen LogP contribution in [0.25, 0.3) is 0 Å². The van der Waals surface area contributed by atoms with E-state index in [4.69, 9.17) is 36.0 Å². The van der Waals surface area contributed by atoms with E-state index in [9.17, 15) is 0 Å². The minimum absolute atomic E-state index is 0.774. The SMILES string of the molecule is CCN(CCOCCCCCC[Si](OC)(OC)OC)CCOCCCCCC[Si](OC)(OC)OC. The summed E-state index contributed by atoms with van der Waals surface area (Å²) in [6, 6.07) is 1.73. The smallest absolute Gasteiger partial charge is 0.380 e. The Balaban J connectivity index is 3.60.